The number of hydrogen-bond donors (Lipinski definition) is 3. The zero-order chi connectivity index (χ0) is 3.91. The first-order valence-corrected chi connectivity index (χ1v) is 1.78. The average Bonchev–Trinajstić information content (AvgIpc) is 1.76. The second-order valence-electron chi connectivity index (χ2n) is 1.73. The van der Waals surface area contributed by atoms with Gasteiger partial charge in [-0.3, -0.25) is 0 Å². The summed E-state index contributed by atoms with van der Waals surface area (Å²) in [7, 11) is 0. The molecular formula is C3H11N3. The highest BCUT2D eigenvalue weighted by atomic mass is 15.0. The zero-order valence-corrected chi connectivity index (χ0v) is 3.78. The van der Waals surface area contributed by atoms with E-state index in [9.17, 15) is 0 Å². The normalized spacial score (nSPS) is 25.0. The van der Waals surface area contributed by atoms with Gasteiger partial charge in [-0.2, -0.15) is 0 Å². The van der Waals surface area contributed by atoms with Crippen LogP contribution in [0.3, 0.4) is 0 Å². The summed E-state index contributed by atoms with van der Waals surface area (Å²) in [6.45, 7) is 0. The van der Waals surface area contributed by atoms with Crippen molar-refractivity contribution in [2.75, 3.05) is 0 Å². The molecule has 1 saturated carbocycles. The molecule has 0 atom stereocenters. The highest BCUT2D eigenvalue weighted by molar-refractivity contribution is 4.91. The second-order valence-corrected chi connectivity index (χ2v) is 1.73. The van der Waals surface area contributed by atoms with E-state index in [4.69, 9.17) is 11.5 Å². The molecule has 0 saturated heterocycles. The molecular weight excluding hydrogens is 78.1 g/mol. The van der Waals surface area contributed by atoms with Crippen LogP contribution in [0, 0.1) is 0 Å². The molecule has 0 unspecified atom stereocenters. The van der Waals surface area contributed by atoms with Gasteiger partial charge in [0.05, 0.1) is 5.66 Å². The van der Waals surface area contributed by atoms with Gasteiger partial charge < -0.3 is 17.6 Å². The summed E-state index contributed by atoms with van der Waals surface area (Å²) in [5.74, 6) is 0. The van der Waals surface area contributed by atoms with E-state index in [0.717, 1.165) is 12.8 Å². The fourth-order valence-corrected chi connectivity index (χ4v) is 0.144. The minimum Gasteiger partial charge on any atom is -0.344 e. The molecule has 0 bridgehead atoms. The molecule has 1 aliphatic rings. The van der Waals surface area contributed by atoms with E-state index in [2.05, 4.69) is 0 Å². The summed E-state index contributed by atoms with van der Waals surface area (Å²) in [5.41, 5.74) is 10.2. The average molecular weight is 89.1 g/mol. The van der Waals surface area contributed by atoms with Gasteiger partial charge >= 0.3 is 0 Å². The monoisotopic (exact) mass is 89.1 g/mol. The lowest BCUT2D eigenvalue weighted by Crippen LogP contribution is -2.32. The first-order chi connectivity index (χ1) is 2.21. The van der Waals surface area contributed by atoms with Gasteiger partial charge in [-0.1, -0.05) is 0 Å². The molecule has 0 radical (unpaired) electrons. The lowest BCUT2D eigenvalue weighted by Gasteiger charge is -1.89. The summed E-state index contributed by atoms with van der Waals surface area (Å²) in [6, 6.07) is 0. The van der Waals surface area contributed by atoms with Crippen LogP contribution in [0.2, 0.25) is 0 Å². The van der Waals surface area contributed by atoms with E-state index in [1.807, 2.05) is 0 Å². The Balaban J connectivity index is 0.000000250. The Morgan fingerprint density at radius 2 is 1.33 bits per heavy atom. The van der Waals surface area contributed by atoms with Crippen molar-refractivity contribution in [2.24, 2.45) is 11.5 Å². The van der Waals surface area contributed by atoms with Crippen LogP contribution in [0.5, 0.6) is 0 Å². The molecule has 0 aromatic carbocycles. The minimum atomic E-state index is -0.250. The molecule has 7 N–H and O–H groups in total. The summed E-state index contributed by atoms with van der Waals surface area (Å²) in [6.07, 6.45) is 2.01. The number of nitrogens with two attached hydrogens (primary N) is 2. The second kappa shape index (κ2) is 1.18. The van der Waals surface area contributed by atoms with Gasteiger partial charge in [-0.05, 0) is 12.8 Å². The van der Waals surface area contributed by atoms with Gasteiger partial charge in [0.25, 0.3) is 0 Å². The van der Waals surface area contributed by atoms with Crippen LogP contribution in [-0.4, -0.2) is 5.66 Å². The van der Waals surface area contributed by atoms with Gasteiger partial charge in [0, 0.05) is 0 Å². The number of rotatable bonds is 0. The van der Waals surface area contributed by atoms with Gasteiger partial charge in [-0.25, -0.2) is 0 Å². The standard InChI is InChI=1S/C3H8N2.H3N/c4-3(5)1-2-3;/h1-2,4-5H2;1H3. The summed E-state index contributed by atoms with van der Waals surface area (Å²) in [5, 5.41) is 0. The third-order valence-corrected chi connectivity index (χ3v) is 0.827. The summed E-state index contributed by atoms with van der Waals surface area (Å²) < 4.78 is 0. The predicted octanol–water partition coefficient (Wildman–Crippen LogP) is -0.444. The Morgan fingerprint density at radius 1 is 1.17 bits per heavy atom. The molecule has 0 aromatic heterocycles. The molecule has 0 aromatic rings. The Labute approximate surface area is 37.3 Å². The van der Waals surface area contributed by atoms with Crippen molar-refractivity contribution in [1.82, 2.24) is 6.15 Å². The van der Waals surface area contributed by atoms with Crippen LogP contribution in [0.4, 0.5) is 0 Å². The molecule has 1 rings (SSSR count). The van der Waals surface area contributed by atoms with Crippen LogP contribution in [-0.2, 0) is 0 Å². The van der Waals surface area contributed by atoms with Crippen molar-refractivity contribution in [3.8, 4) is 0 Å². The lowest BCUT2D eigenvalue weighted by atomic mass is 10.6. The summed E-state index contributed by atoms with van der Waals surface area (Å²) in [4.78, 5) is 0. The van der Waals surface area contributed by atoms with E-state index in [-0.39, 0.29) is 11.8 Å². The van der Waals surface area contributed by atoms with Gasteiger partial charge in [-0.15, -0.1) is 0 Å². The Bertz CT molecular complexity index is 44.0. The Kier molecular flexibility index (Phi) is 1.16. The quantitative estimate of drug-likeness (QED) is 0.351. The third kappa shape index (κ3) is 1.35. The van der Waals surface area contributed by atoms with Gasteiger partial charge in [0.1, 0.15) is 0 Å². The van der Waals surface area contributed by atoms with Crippen molar-refractivity contribution < 1.29 is 0 Å². The van der Waals surface area contributed by atoms with Gasteiger partial charge in [0.15, 0.2) is 0 Å². The van der Waals surface area contributed by atoms with Crippen molar-refractivity contribution >= 4 is 0 Å². The van der Waals surface area contributed by atoms with Crippen LogP contribution in [0.15, 0.2) is 0 Å². The molecule has 38 valence electrons. The molecule has 1 aliphatic carbocycles. The van der Waals surface area contributed by atoms with E-state index in [1.165, 1.54) is 0 Å². The Morgan fingerprint density at radius 3 is 1.33 bits per heavy atom. The summed E-state index contributed by atoms with van der Waals surface area (Å²) >= 11 is 0. The zero-order valence-electron chi connectivity index (χ0n) is 3.78. The fourth-order valence-electron chi connectivity index (χ4n) is 0.144. The van der Waals surface area contributed by atoms with Crippen LogP contribution in [0.1, 0.15) is 12.8 Å². The van der Waals surface area contributed by atoms with Crippen molar-refractivity contribution in [1.29, 1.82) is 0 Å². The maximum Gasteiger partial charge on any atom is 0.0639 e. The van der Waals surface area contributed by atoms with E-state index < -0.39 is 0 Å². The molecule has 6 heavy (non-hydrogen) atoms. The van der Waals surface area contributed by atoms with Crippen molar-refractivity contribution in [3.05, 3.63) is 0 Å². The van der Waals surface area contributed by atoms with Gasteiger partial charge in [0.2, 0.25) is 0 Å². The molecule has 3 nitrogen and oxygen atoms in total. The SMILES string of the molecule is N.NC1(N)CC1. The molecule has 3 heteroatoms. The smallest absolute Gasteiger partial charge is 0.0639 e. The maximum atomic E-state index is 5.24. The maximum absolute atomic E-state index is 5.24. The minimum absolute atomic E-state index is 0. The highest BCUT2D eigenvalue weighted by Gasteiger charge is 2.32. The van der Waals surface area contributed by atoms with E-state index in [0.29, 0.717) is 0 Å². The number of hydrogen-bond acceptors (Lipinski definition) is 3. The van der Waals surface area contributed by atoms with E-state index in [1.54, 1.807) is 0 Å². The first-order valence-electron chi connectivity index (χ1n) is 1.78. The third-order valence-electron chi connectivity index (χ3n) is 0.827. The molecule has 0 amide bonds. The van der Waals surface area contributed by atoms with Crippen LogP contribution < -0.4 is 17.6 Å². The first kappa shape index (κ1) is 5.88. The van der Waals surface area contributed by atoms with E-state index >= 15 is 0 Å². The fraction of sp³-hybridized carbons (Fsp3) is 1.00. The topological polar surface area (TPSA) is 87.0 Å². The molecule has 0 heterocycles. The molecule has 0 spiro atoms. The predicted molar refractivity (Wildman–Crippen MR) is 25.4 cm³/mol. The molecule has 0 aliphatic heterocycles. The Hall–Kier alpha value is -0.120. The van der Waals surface area contributed by atoms with Crippen molar-refractivity contribution in [2.45, 2.75) is 18.5 Å². The lowest BCUT2D eigenvalue weighted by molar-refractivity contribution is 0.719. The molecule has 1 fully saturated rings. The van der Waals surface area contributed by atoms with Crippen LogP contribution in [0.25, 0.3) is 0 Å². The largest absolute Gasteiger partial charge is 0.344 e. The van der Waals surface area contributed by atoms with Crippen LogP contribution >= 0.6 is 0 Å². The highest BCUT2D eigenvalue weighted by Crippen LogP contribution is 2.24. The van der Waals surface area contributed by atoms with Crippen molar-refractivity contribution in [3.63, 3.8) is 0 Å².